The molecule has 0 fully saturated rings. The number of benzene rings is 3. The van der Waals surface area contributed by atoms with Crippen molar-refractivity contribution in [1.29, 1.82) is 0 Å². The second-order valence-corrected chi connectivity index (χ2v) is 9.39. The molecule has 7 nitrogen and oxygen atoms in total. The number of aromatic nitrogens is 1. The van der Waals surface area contributed by atoms with Gasteiger partial charge in [-0.25, -0.2) is 4.79 Å². The number of fused-ring (bicyclic) bond motifs is 1. The number of ether oxygens (including phenoxy) is 3. The minimum absolute atomic E-state index is 0.111. The summed E-state index contributed by atoms with van der Waals surface area (Å²) >= 11 is 0. The lowest BCUT2D eigenvalue weighted by molar-refractivity contribution is -0.142. The number of esters is 2. The van der Waals surface area contributed by atoms with Crippen LogP contribution in [0.3, 0.4) is 0 Å². The number of anilines is 1. The number of hydrogen-bond acceptors (Lipinski definition) is 6. The third kappa shape index (κ3) is 6.53. The summed E-state index contributed by atoms with van der Waals surface area (Å²) in [6, 6.07) is 15.5. The van der Waals surface area contributed by atoms with Gasteiger partial charge >= 0.3 is 18.1 Å². The second kappa shape index (κ2) is 13.0. The van der Waals surface area contributed by atoms with E-state index < -0.39 is 23.7 Å². The van der Waals surface area contributed by atoms with E-state index in [4.69, 9.17) is 14.2 Å². The SMILES string of the molecule is CCOC(=O)Cc1[nH]c2ccc(Oc3ccc(C(F)(F)F)cc3)c(-c3ccc(N(CC)CC)cc3)c2c1C(=O)OCC. The first-order valence-corrected chi connectivity index (χ1v) is 13.8. The van der Waals surface area contributed by atoms with Gasteiger partial charge in [-0.1, -0.05) is 12.1 Å². The first-order valence-electron chi connectivity index (χ1n) is 13.8. The van der Waals surface area contributed by atoms with E-state index in [9.17, 15) is 22.8 Å². The smallest absolute Gasteiger partial charge is 0.416 e. The van der Waals surface area contributed by atoms with E-state index in [1.54, 1.807) is 26.0 Å². The number of H-pyrrole nitrogens is 1. The monoisotopic (exact) mass is 582 g/mol. The molecule has 1 N–H and O–H groups in total. The second-order valence-electron chi connectivity index (χ2n) is 9.39. The van der Waals surface area contributed by atoms with Gasteiger partial charge in [0.15, 0.2) is 0 Å². The van der Waals surface area contributed by atoms with Crippen LogP contribution < -0.4 is 9.64 Å². The maximum Gasteiger partial charge on any atom is 0.416 e. The molecule has 4 aromatic rings. The predicted octanol–water partition coefficient (Wildman–Crippen LogP) is 7.77. The van der Waals surface area contributed by atoms with Gasteiger partial charge in [-0.2, -0.15) is 13.2 Å². The van der Waals surface area contributed by atoms with Crippen molar-refractivity contribution in [1.82, 2.24) is 4.98 Å². The van der Waals surface area contributed by atoms with E-state index in [0.29, 0.717) is 33.5 Å². The maximum absolute atomic E-state index is 13.3. The zero-order valence-corrected chi connectivity index (χ0v) is 23.9. The van der Waals surface area contributed by atoms with Gasteiger partial charge in [0.2, 0.25) is 0 Å². The summed E-state index contributed by atoms with van der Waals surface area (Å²) in [4.78, 5) is 31.1. The molecule has 0 aliphatic carbocycles. The molecule has 42 heavy (non-hydrogen) atoms. The Balaban J connectivity index is 1.94. The Bertz CT molecular complexity index is 1540. The van der Waals surface area contributed by atoms with Crippen molar-refractivity contribution in [2.24, 2.45) is 0 Å². The molecule has 0 saturated carbocycles. The van der Waals surface area contributed by atoms with Crippen LogP contribution in [-0.2, 0) is 26.9 Å². The number of carbonyl (C=O) groups is 2. The van der Waals surface area contributed by atoms with Crippen molar-refractivity contribution in [3.8, 4) is 22.6 Å². The molecule has 0 amide bonds. The van der Waals surface area contributed by atoms with Gasteiger partial charge in [0.1, 0.15) is 11.5 Å². The van der Waals surface area contributed by atoms with E-state index in [2.05, 4.69) is 23.7 Å². The number of aromatic amines is 1. The molecule has 0 bridgehead atoms. The van der Waals surface area contributed by atoms with Crippen molar-refractivity contribution in [2.45, 2.75) is 40.3 Å². The molecule has 0 unspecified atom stereocenters. The molecule has 0 spiro atoms. The number of nitrogens with zero attached hydrogens (tertiary/aromatic N) is 1. The van der Waals surface area contributed by atoms with E-state index >= 15 is 0 Å². The zero-order valence-electron chi connectivity index (χ0n) is 23.9. The third-order valence-electron chi connectivity index (χ3n) is 6.80. The van der Waals surface area contributed by atoms with E-state index in [1.165, 1.54) is 12.1 Å². The third-order valence-corrected chi connectivity index (χ3v) is 6.80. The summed E-state index contributed by atoms with van der Waals surface area (Å²) in [5.41, 5.74) is 2.48. The fourth-order valence-electron chi connectivity index (χ4n) is 4.88. The number of carbonyl (C=O) groups excluding carboxylic acids is 2. The highest BCUT2D eigenvalue weighted by Crippen LogP contribution is 2.43. The summed E-state index contributed by atoms with van der Waals surface area (Å²) < 4.78 is 56.1. The molecule has 0 radical (unpaired) electrons. The van der Waals surface area contributed by atoms with Crippen LogP contribution >= 0.6 is 0 Å². The topological polar surface area (TPSA) is 80.9 Å². The molecular weight excluding hydrogens is 549 g/mol. The van der Waals surface area contributed by atoms with Gasteiger partial charge < -0.3 is 24.1 Å². The quantitative estimate of drug-likeness (QED) is 0.182. The van der Waals surface area contributed by atoms with Crippen LogP contribution in [0.4, 0.5) is 18.9 Å². The number of rotatable bonds is 11. The summed E-state index contributed by atoms with van der Waals surface area (Å²) in [5.74, 6) is -0.648. The molecule has 0 aliphatic heterocycles. The van der Waals surface area contributed by atoms with Crippen LogP contribution in [-0.4, -0.2) is 43.2 Å². The molecule has 222 valence electrons. The van der Waals surface area contributed by atoms with Crippen LogP contribution in [0.5, 0.6) is 11.5 Å². The molecule has 1 aromatic heterocycles. The van der Waals surface area contributed by atoms with Gasteiger partial charge in [-0.05, 0) is 81.8 Å². The normalized spacial score (nSPS) is 11.4. The molecule has 10 heteroatoms. The van der Waals surface area contributed by atoms with Gasteiger partial charge in [0.25, 0.3) is 0 Å². The Labute approximate surface area is 242 Å². The summed E-state index contributed by atoms with van der Waals surface area (Å²) in [6.07, 6.45) is -4.67. The maximum atomic E-state index is 13.3. The standard InChI is InChI=1S/C32H33F3N2O5/c1-5-37(6-2)22-13-9-20(10-14-22)28-26(42-23-15-11-21(12-16-23)32(33,34)35)18-17-24-29(28)30(31(39)41-8-4)25(36-24)19-27(38)40-7-3/h9-18,36H,5-8,19H2,1-4H3. The Hall–Kier alpha value is -4.47. The van der Waals surface area contributed by atoms with Gasteiger partial charge in [0, 0.05) is 40.9 Å². The van der Waals surface area contributed by atoms with E-state index in [1.807, 2.05) is 24.3 Å². The fraction of sp³-hybridized carbons (Fsp3) is 0.312. The van der Waals surface area contributed by atoms with Gasteiger partial charge in [-0.15, -0.1) is 0 Å². The van der Waals surface area contributed by atoms with Crippen molar-refractivity contribution >= 4 is 28.5 Å². The van der Waals surface area contributed by atoms with Crippen molar-refractivity contribution < 1.29 is 37.0 Å². The van der Waals surface area contributed by atoms with Gasteiger partial charge in [-0.3, -0.25) is 4.79 Å². The Morgan fingerprint density at radius 3 is 2.05 bits per heavy atom. The predicted molar refractivity (Wildman–Crippen MR) is 155 cm³/mol. The van der Waals surface area contributed by atoms with Crippen LogP contribution in [0.1, 0.15) is 49.3 Å². The lowest BCUT2D eigenvalue weighted by atomic mass is 9.96. The van der Waals surface area contributed by atoms with E-state index in [0.717, 1.165) is 30.9 Å². The molecule has 0 saturated heterocycles. The molecule has 3 aromatic carbocycles. The van der Waals surface area contributed by atoms with Crippen LogP contribution in [0.15, 0.2) is 60.7 Å². The van der Waals surface area contributed by atoms with Crippen LogP contribution in [0.2, 0.25) is 0 Å². The average Bonchev–Trinajstić information content (AvgIpc) is 3.32. The average molecular weight is 583 g/mol. The number of halogens is 3. The summed E-state index contributed by atoms with van der Waals surface area (Å²) in [6.45, 7) is 9.42. The zero-order chi connectivity index (χ0) is 30.4. The molecule has 0 atom stereocenters. The van der Waals surface area contributed by atoms with Crippen molar-refractivity contribution in [3.05, 3.63) is 77.5 Å². The number of hydrogen-bond donors (Lipinski definition) is 1. The minimum atomic E-state index is -4.48. The minimum Gasteiger partial charge on any atom is -0.466 e. The van der Waals surface area contributed by atoms with Crippen molar-refractivity contribution in [2.75, 3.05) is 31.2 Å². The van der Waals surface area contributed by atoms with Gasteiger partial charge in [0.05, 0.1) is 30.8 Å². The molecule has 1 heterocycles. The van der Waals surface area contributed by atoms with Crippen molar-refractivity contribution in [3.63, 3.8) is 0 Å². The number of nitrogens with one attached hydrogen (secondary N) is 1. The molecular formula is C32H33F3N2O5. The Morgan fingerprint density at radius 1 is 0.833 bits per heavy atom. The van der Waals surface area contributed by atoms with Crippen LogP contribution in [0, 0.1) is 0 Å². The highest BCUT2D eigenvalue weighted by Gasteiger charge is 2.30. The lowest BCUT2D eigenvalue weighted by Gasteiger charge is -2.21. The fourth-order valence-corrected chi connectivity index (χ4v) is 4.88. The largest absolute Gasteiger partial charge is 0.466 e. The number of alkyl halides is 3. The summed E-state index contributed by atoms with van der Waals surface area (Å²) in [5, 5.41) is 0.466. The highest BCUT2D eigenvalue weighted by atomic mass is 19.4. The summed E-state index contributed by atoms with van der Waals surface area (Å²) in [7, 11) is 0. The van der Waals surface area contributed by atoms with E-state index in [-0.39, 0.29) is 30.9 Å². The van der Waals surface area contributed by atoms with Crippen LogP contribution in [0.25, 0.3) is 22.0 Å². The Kier molecular flexibility index (Phi) is 9.45. The first-order chi connectivity index (χ1) is 20.1. The first kappa shape index (κ1) is 30.5. The highest BCUT2D eigenvalue weighted by molar-refractivity contribution is 6.13. The molecule has 4 rings (SSSR count). The Morgan fingerprint density at radius 2 is 1.48 bits per heavy atom. The lowest BCUT2D eigenvalue weighted by Crippen LogP contribution is -2.21. The molecule has 0 aliphatic rings.